The van der Waals surface area contributed by atoms with Crippen molar-refractivity contribution in [3.8, 4) is 0 Å². The zero-order valence-electron chi connectivity index (χ0n) is 6.84. The highest BCUT2D eigenvalue weighted by atomic mass is 19.1. The minimum absolute atomic E-state index is 0.574. The van der Waals surface area contributed by atoms with E-state index in [2.05, 4.69) is 4.98 Å². The summed E-state index contributed by atoms with van der Waals surface area (Å²) in [4.78, 5) is 13.5. The summed E-state index contributed by atoms with van der Waals surface area (Å²) in [6.45, 7) is 4.00. The maximum atomic E-state index is 12.0. The molecule has 0 saturated carbocycles. The first-order chi connectivity index (χ1) is 5.20. The first-order valence-corrected chi connectivity index (χ1v) is 3.39. The summed E-state index contributed by atoms with van der Waals surface area (Å²) in [7, 11) is 1.51. The Balaban J connectivity index is 0.000000461. The Bertz CT molecular complexity index is 269. The fourth-order valence-corrected chi connectivity index (χ4v) is 0.445. The Kier molecular flexibility index (Phi) is 4.10. The van der Waals surface area contributed by atoms with Crippen LogP contribution in [0.4, 0.5) is 4.39 Å². The Morgan fingerprint density at radius 2 is 2.09 bits per heavy atom. The van der Waals surface area contributed by atoms with E-state index in [4.69, 9.17) is 0 Å². The lowest BCUT2D eigenvalue weighted by Crippen LogP contribution is -2.19. The lowest BCUT2D eigenvalue weighted by molar-refractivity contribution is 0.561. The molecular weight excluding hydrogens is 147 g/mol. The summed E-state index contributed by atoms with van der Waals surface area (Å²) < 4.78 is 13.2. The van der Waals surface area contributed by atoms with Gasteiger partial charge in [-0.1, -0.05) is 13.8 Å². The molecule has 0 aliphatic carbocycles. The Morgan fingerprint density at radius 1 is 1.55 bits per heavy atom. The molecule has 3 nitrogen and oxygen atoms in total. The smallest absolute Gasteiger partial charge is 0.302 e. The van der Waals surface area contributed by atoms with Gasteiger partial charge in [0.25, 0.3) is 0 Å². The van der Waals surface area contributed by atoms with Crippen LogP contribution in [0.5, 0.6) is 0 Å². The van der Waals surface area contributed by atoms with Crippen molar-refractivity contribution in [1.82, 2.24) is 9.55 Å². The van der Waals surface area contributed by atoms with Gasteiger partial charge in [0.05, 0.1) is 0 Å². The minimum Gasteiger partial charge on any atom is -0.302 e. The standard InChI is InChI=1S/C5H5FN2O.C2H6/c1-8-3-2-4(6)7-5(8)9;1-2/h2-3H,1H3;1-2H3. The van der Waals surface area contributed by atoms with Crippen LogP contribution in [0.25, 0.3) is 0 Å². The van der Waals surface area contributed by atoms with Crippen LogP contribution in [0.3, 0.4) is 0 Å². The molecule has 0 bridgehead atoms. The van der Waals surface area contributed by atoms with Gasteiger partial charge in [-0.15, -0.1) is 0 Å². The lowest BCUT2D eigenvalue weighted by Gasteiger charge is -1.90. The summed E-state index contributed by atoms with van der Waals surface area (Å²) in [6.07, 6.45) is 1.32. The van der Waals surface area contributed by atoms with E-state index in [0.717, 1.165) is 6.07 Å². The lowest BCUT2D eigenvalue weighted by atomic mass is 10.6. The quantitative estimate of drug-likeness (QED) is 0.527. The van der Waals surface area contributed by atoms with Crippen molar-refractivity contribution in [3.05, 3.63) is 28.7 Å². The summed E-state index contributed by atoms with van der Waals surface area (Å²) >= 11 is 0. The highest BCUT2D eigenvalue weighted by Crippen LogP contribution is 1.82. The average molecular weight is 158 g/mol. The zero-order chi connectivity index (χ0) is 8.85. The molecule has 0 fully saturated rings. The fraction of sp³-hybridized carbons (Fsp3) is 0.429. The predicted octanol–water partition coefficient (Wildman–Crippen LogP) is 0.946. The van der Waals surface area contributed by atoms with Crippen LogP contribution in [-0.2, 0) is 7.05 Å². The molecule has 1 aromatic rings. The van der Waals surface area contributed by atoms with Gasteiger partial charge in [-0.05, 0) is 0 Å². The van der Waals surface area contributed by atoms with Gasteiger partial charge >= 0.3 is 5.69 Å². The van der Waals surface area contributed by atoms with Gasteiger partial charge in [0.2, 0.25) is 5.95 Å². The van der Waals surface area contributed by atoms with Crippen LogP contribution in [-0.4, -0.2) is 9.55 Å². The summed E-state index contributed by atoms with van der Waals surface area (Å²) in [5.41, 5.74) is -0.574. The van der Waals surface area contributed by atoms with Crippen molar-refractivity contribution in [2.45, 2.75) is 13.8 Å². The molecule has 0 spiro atoms. The second kappa shape index (κ2) is 4.60. The molecule has 1 rings (SSSR count). The van der Waals surface area contributed by atoms with Crippen LogP contribution in [0.1, 0.15) is 13.8 Å². The maximum Gasteiger partial charge on any atom is 0.349 e. The van der Waals surface area contributed by atoms with Gasteiger partial charge < -0.3 is 4.57 Å². The van der Waals surface area contributed by atoms with Gasteiger partial charge in [0.15, 0.2) is 0 Å². The van der Waals surface area contributed by atoms with Gasteiger partial charge in [0, 0.05) is 19.3 Å². The SMILES string of the molecule is CC.Cn1ccc(F)nc1=O. The number of nitrogens with zero attached hydrogens (tertiary/aromatic N) is 2. The van der Waals surface area contributed by atoms with Gasteiger partial charge in [0.1, 0.15) is 0 Å². The first-order valence-electron chi connectivity index (χ1n) is 3.39. The van der Waals surface area contributed by atoms with Crippen molar-refractivity contribution in [1.29, 1.82) is 0 Å². The molecule has 0 radical (unpaired) electrons. The molecule has 0 aliphatic heterocycles. The predicted molar refractivity (Wildman–Crippen MR) is 40.8 cm³/mol. The van der Waals surface area contributed by atoms with Crippen LogP contribution in [0.15, 0.2) is 17.1 Å². The Hall–Kier alpha value is -1.19. The summed E-state index contributed by atoms with van der Waals surface area (Å²) in [5, 5.41) is 0. The average Bonchev–Trinajstić information content (AvgIpc) is 2.02. The highest BCUT2D eigenvalue weighted by Gasteiger charge is 1.91. The third-order valence-corrected chi connectivity index (χ3v) is 0.940. The number of aryl methyl sites for hydroxylation is 1. The van der Waals surface area contributed by atoms with Crippen molar-refractivity contribution >= 4 is 0 Å². The Labute approximate surface area is 64.5 Å². The van der Waals surface area contributed by atoms with Crippen molar-refractivity contribution in [2.75, 3.05) is 0 Å². The second-order valence-corrected chi connectivity index (χ2v) is 1.64. The minimum atomic E-state index is -0.738. The van der Waals surface area contributed by atoms with E-state index in [9.17, 15) is 9.18 Å². The van der Waals surface area contributed by atoms with E-state index >= 15 is 0 Å². The molecule has 11 heavy (non-hydrogen) atoms. The molecule has 62 valence electrons. The number of halogens is 1. The van der Waals surface area contributed by atoms with Gasteiger partial charge in [-0.25, -0.2) is 4.79 Å². The van der Waals surface area contributed by atoms with Crippen LogP contribution >= 0.6 is 0 Å². The van der Waals surface area contributed by atoms with Gasteiger partial charge in [-0.2, -0.15) is 9.37 Å². The molecule has 0 N–H and O–H groups in total. The maximum absolute atomic E-state index is 12.0. The van der Waals surface area contributed by atoms with Crippen LogP contribution < -0.4 is 5.69 Å². The van der Waals surface area contributed by atoms with E-state index in [1.165, 1.54) is 17.8 Å². The van der Waals surface area contributed by atoms with Gasteiger partial charge in [-0.3, -0.25) is 0 Å². The van der Waals surface area contributed by atoms with E-state index in [1.807, 2.05) is 13.8 Å². The van der Waals surface area contributed by atoms with E-state index in [-0.39, 0.29) is 0 Å². The van der Waals surface area contributed by atoms with Crippen LogP contribution in [0.2, 0.25) is 0 Å². The second-order valence-electron chi connectivity index (χ2n) is 1.64. The third kappa shape index (κ3) is 2.93. The first kappa shape index (κ1) is 9.81. The molecule has 0 aromatic carbocycles. The molecule has 0 unspecified atom stereocenters. The fourth-order valence-electron chi connectivity index (χ4n) is 0.445. The number of aromatic nitrogens is 2. The summed E-state index contributed by atoms with van der Waals surface area (Å²) in [5.74, 6) is -0.738. The topological polar surface area (TPSA) is 34.9 Å². The van der Waals surface area contributed by atoms with E-state index in [0.29, 0.717) is 0 Å². The van der Waals surface area contributed by atoms with E-state index in [1.54, 1.807) is 0 Å². The monoisotopic (exact) mass is 158 g/mol. The zero-order valence-corrected chi connectivity index (χ0v) is 6.84. The van der Waals surface area contributed by atoms with Crippen LogP contribution in [0, 0.1) is 5.95 Å². The number of hydrogen-bond donors (Lipinski definition) is 0. The summed E-state index contributed by atoms with van der Waals surface area (Å²) in [6, 6.07) is 1.13. The molecule has 0 amide bonds. The molecule has 4 heteroatoms. The number of rotatable bonds is 0. The molecule has 0 aliphatic rings. The molecule has 1 heterocycles. The largest absolute Gasteiger partial charge is 0.349 e. The molecule has 0 saturated heterocycles. The highest BCUT2D eigenvalue weighted by molar-refractivity contribution is 4.82. The van der Waals surface area contributed by atoms with Crippen molar-refractivity contribution in [3.63, 3.8) is 0 Å². The molecule has 1 aromatic heterocycles. The van der Waals surface area contributed by atoms with Crippen molar-refractivity contribution < 1.29 is 4.39 Å². The Morgan fingerprint density at radius 3 is 2.45 bits per heavy atom. The molecule has 0 atom stereocenters. The normalized spacial score (nSPS) is 8.36. The van der Waals surface area contributed by atoms with E-state index < -0.39 is 11.6 Å². The molecular formula is C7H11FN2O. The third-order valence-electron chi connectivity index (χ3n) is 0.940. The number of hydrogen-bond acceptors (Lipinski definition) is 2. The van der Waals surface area contributed by atoms with Crippen molar-refractivity contribution in [2.24, 2.45) is 7.05 Å².